The van der Waals surface area contributed by atoms with Crippen molar-refractivity contribution < 1.29 is 4.79 Å². The van der Waals surface area contributed by atoms with Gasteiger partial charge in [-0.1, -0.05) is 36.8 Å². The maximum Gasteiger partial charge on any atom is 0.166 e. The largest absolute Gasteiger partial charge is 0.372 e. The van der Waals surface area contributed by atoms with Gasteiger partial charge in [0, 0.05) is 30.8 Å². The maximum atomic E-state index is 12.2. The summed E-state index contributed by atoms with van der Waals surface area (Å²) in [6, 6.07) is 18.6. The lowest BCUT2D eigenvalue weighted by Gasteiger charge is -2.17. The lowest BCUT2D eigenvalue weighted by molar-refractivity contribution is 0.102. The lowest BCUT2D eigenvalue weighted by atomic mass is 10.0. The van der Waals surface area contributed by atoms with Gasteiger partial charge in [0.1, 0.15) is 0 Å². The highest BCUT2D eigenvalue weighted by molar-refractivity contribution is 6.02. The molecule has 24 heavy (non-hydrogen) atoms. The monoisotopic (exact) mass is 320 g/mol. The van der Waals surface area contributed by atoms with Gasteiger partial charge in [-0.3, -0.25) is 4.79 Å². The minimum absolute atomic E-state index is 0.155. The van der Waals surface area contributed by atoms with E-state index in [0.717, 1.165) is 44.3 Å². The van der Waals surface area contributed by atoms with E-state index in [9.17, 15) is 4.79 Å². The van der Waals surface area contributed by atoms with Crippen LogP contribution in [0.15, 0.2) is 54.6 Å². The summed E-state index contributed by atoms with van der Waals surface area (Å²) >= 11 is 0. The van der Waals surface area contributed by atoms with Crippen molar-refractivity contribution in [3.05, 3.63) is 72.1 Å². The van der Waals surface area contributed by atoms with E-state index in [1.165, 1.54) is 24.1 Å². The maximum absolute atomic E-state index is 12.2. The molecule has 0 saturated carbocycles. The van der Waals surface area contributed by atoms with Gasteiger partial charge in [0.2, 0.25) is 0 Å². The fraction of sp³-hybridized carbons (Fsp3) is 0.364. The third-order valence-electron chi connectivity index (χ3n) is 4.72. The molecule has 2 heteroatoms. The Morgan fingerprint density at radius 1 is 0.917 bits per heavy atom. The minimum Gasteiger partial charge on any atom is -0.372 e. The van der Waals surface area contributed by atoms with Gasteiger partial charge in [-0.2, -0.15) is 0 Å². The molecule has 1 aliphatic heterocycles. The average molecular weight is 320 g/mol. The molecule has 2 aromatic rings. The number of hydrogen-bond acceptors (Lipinski definition) is 2. The Morgan fingerprint density at radius 2 is 1.62 bits per heavy atom. The van der Waals surface area contributed by atoms with Crippen LogP contribution in [0.5, 0.6) is 0 Å². The number of Topliss-reactive ketones (excluding diaryl/α,β-unsaturated/α-hetero) is 1. The molecule has 0 aliphatic carbocycles. The molecule has 0 amide bonds. The van der Waals surface area contributed by atoms with Crippen LogP contribution in [0.2, 0.25) is 0 Å². The number of carbonyl (C=O) groups is 1. The van der Waals surface area contributed by atoms with Gasteiger partial charge in [-0.25, -0.2) is 0 Å². The number of carbonyl (C=O) groups excluding carboxylic acids is 1. The van der Waals surface area contributed by atoms with Crippen molar-refractivity contribution >= 4 is 11.5 Å². The third kappa shape index (κ3) is 4.70. The summed E-state index contributed by atoms with van der Waals surface area (Å²) in [5.74, 6) is 0.155. The SMILES string of the molecule is O=C([CH]CCCCc1ccccc1)c1ccc(N2CCCC2)cc1. The van der Waals surface area contributed by atoms with E-state index in [-0.39, 0.29) is 5.78 Å². The van der Waals surface area contributed by atoms with Gasteiger partial charge in [-0.15, -0.1) is 0 Å². The van der Waals surface area contributed by atoms with E-state index in [2.05, 4.69) is 41.3 Å². The number of nitrogens with zero attached hydrogens (tertiary/aromatic N) is 1. The summed E-state index contributed by atoms with van der Waals surface area (Å²) in [6.45, 7) is 2.28. The average Bonchev–Trinajstić information content (AvgIpc) is 3.17. The second-order valence-corrected chi connectivity index (χ2v) is 6.54. The molecule has 1 radical (unpaired) electrons. The van der Waals surface area contributed by atoms with Crippen molar-refractivity contribution in [1.82, 2.24) is 0 Å². The van der Waals surface area contributed by atoms with Crippen LogP contribution in [-0.2, 0) is 6.42 Å². The van der Waals surface area contributed by atoms with Gasteiger partial charge in [0.05, 0.1) is 0 Å². The third-order valence-corrected chi connectivity index (χ3v) is 4.72. The molecule has 0 atom stereocenters. The predicted octanol–water partition coefficient (Wildman–Crippen LogP) is 5.09. The molecule has 3 rings (SSSR count). The smallest absolute Gasteiger partial charge is 0.166 e. The number of benzene rings is 2. The van der Waals surface area contributed by atoms with Crippen molar-refractivity contribution in [2.75, 3.05) is 18.0 Å². The molecule has 0 bridgehead atoms. The topological polar surface area (TPSA) is 20.3 Å². The summed E-state index contributed by atoms with van der Waals surface area (Å²) in [7, 11) is 0. The molecule has 1 heterocycles. The van der Waals surface area contributed by atoms with Gasteiger partial charge in [0.25, 0.3) is 0 Å². The summed E-state index contributed by atoms with van der Waals surface area (Å²) < 4.78 is 0. The Balaban J connectivity index is 1.38. The number of unbranched alkanes of at least 4 members (excludes halogenated alkanes) is 2. The Bertz CT molecular complexity index is 627. The van der Waals surface area contributed by atoms with Crippen LogP contribution in [0.1, 0.15) is 48.0 Å². The summed E-state index contributed by atoms with van der Waals surface area (Å²) in [5.41, 5.74) is 3.43. The molecular formula is C22H26NO. The zero-order chi connectivity index (χ0) is 16.6. The second-order valence-electron chi connectivity index (χ2n) is 6.54. The molecule has 1 fully saturated rings. The van der Waals surface area contributed by atoms with Crippen LogP contribution in [0.25, 0.3) is 0 Å². The van der Waals surface area contributed by atoms with E-state index in [1.807, 2.05) is 24.6 Å². The Morgan fingerprint density at radius 3 is 2.33 bits per heavy atom. The number of rotatable bonds is 8. The van der Waals surface area contributed by atoms with Gasteiger partial charge in [0.15, 0.2) is 5.78 Å². The van der Waals surface area contributed by atoms with Crippen LogP contribution in [0.4, 0.5) is 5.69 Å². The standard InChI is InChI=1S/C22H26NO/c24-22(12-6-2-5-11-19-9-3-1-4-10-19)20-13-15-21(16-14-20)23-17-7-8-18-23/h1,3-4,9-10,12-16H,2,5-8,11,17-18H2. The van der Waals surface area contributed by atoms with E-state index < -0.39 is 0 Å². The van der Waals surface area contributed by atoms with Crippen LogP contribution in [0, 0.1) is 6.42 Å². The number of ketones is 1. The molecule has 0 unspecified atom stereocenters. The summed E-state index contributed by atoms with van der Waals surface area (Å²) in [5, 5.41) is 0. The van der Waals surface area contributed by atoms with Gasteiger partial charge in [-0.05, 0) is 61.9 Å². The molecule has 125 valence electrons. The summed E-state index contributed by atoms with van der Waals surface area (Å²) in [6.07, 6.45) is 8.53. The first-order chi connectivity index (χ1) is 11.8. The fourth-order valence-electron chi connectivity index (χ4n) is 3.28. The molecule has 0 N–H and O–H groups in total. The molecule has 1 aliphatic rings. The first-order valence-corrected chi connectivity index (χ1v) is 9.09. The molecule has 0 spiro atoms. The number of aryl methyl sites for hydroxylation is 1. The second kappa shape index (κ2) is 8.68. The van der Waals surface area contributed by atoms with Crippen molar-refractivity contribution in [2.24, 2.45) is 0 Å². The van der Waals surface area contributed by atoms with Gasteiger partial charge < -0.3 is 4.90 Å². The highest BCUT2D eigenvalue weighted by Crippen LogP contribution is 2.21. The quantitative estimate of drug-likeness (QED) is 0.499. The Labute approximate surface area is 145 Å². The van der Waals surface area contributed by atoms with E-state index >= 15 is 0 Å². The van der Waals surface area contributed by atoms with Gasteiger partial charge >= 0.3 is 0 Å². The van der Waals surface area contributed by atoms with Crippen LogP contribution < -0.4 is 4.90 Å². The van der Waals surface area contributed by atoms with Crippen molar-refractivity contribution in [3.63, 3.8) is 0 Å². The minimum atomic E-state index is 0.155. The van der Waals surface area contributed by atoms with Crippen molar-refractivity contribution in [3.8, 4) is 0 Å². The van der Waals surface area contributed by atoms with Crippen LogP contribution in [0.3, 0.4) is 0 Å². The zero-order valence-corrected chi connectivity index (χ0v) is 14.3. The number of hydrogen-bond donors (Lipinski definition) is 0. The molecule has 0 aromatic heterocycles. The highest BCUT2D eigenvalue weighted by Gasteiger charge is 2.13. The van der Waals surface area contributed by atoms with Crippen LogP contribution >= 0.6 is 0 Å². The molecular weight excluding hydrogens is 294 g/mol. The number of anilines is 1. The predicted molar refractivity (Wildman–Crippen MR) is 101 cm³/mol. The highest BCUT2D eigenvalue weighted by atomic mass is 16.1. The fourth-order valence-corrected chi connectivity index (χ4v) is 3.28. The zero-order valence-electron chi connectivity index (χ0n) is 14.3. The molecule has 2 nitrogen and oxygen atoms in total. The van der Waals surface area contributed by atoms with Crippen molar-refractivity contribution in [1.29, 1.82) is 0 Å². The van der Waals surface area contributed by atoms with Crippen molar-refractivity contribution in [2.45, 2.75) is 38.5 Å². The summed E-state index contributed by atoms with van der Waals surface area (Å²) in [4.78, 5) is 14.6. The van der Waals surface area contributed by atoms with E-state index in [4.69, 9.17) is 0 Å². The van der Waals surface area contributed by atoms with Crippen LogP contribution in [-0.4, -0.2) is 18.9 Å². The Kier molecular flexibility index (Phi) is 6.06. The lowest BCUT2D eigenvalue weighted by Crippen LogP contribution is -2.17. The van der Waals surface area contributed by atoms with E-state index in [0.29, 0.717) is 0 Å². The first kappa shape index (κ1) is 16.8. The normalized spacial score (nSPS) is 14.1. The first-order valence-electron chi connectivity index (χ1n) is 9.09. The Hall–Kier alpha value is -2.09. The van der Waals surface area contributed by atoms with E-state index in [1.54, 1.807) is 0 Å². The molecule has 2 aromatic carbocycles. The molecule has 1 saturated heterocycles.